The van der Waals surface area contributed by atoms with E-state index in [2.05, 4.69) is 30.0 Å². The highest BCUT2D eigenvalue weighted by atomic mass is 35.5. The Kier molecular flexibility index (Phi) is 10.6. The van der Waals surface area contributed by atoms with Gasteiger partial charge in [0.2, 0.25) is 11.2 Å². The number of aromatic nitrogens is 4. The van der Waals surface area contributed by atoms with Gasteiger partial charge in [-0.15, -0.1) is 13.2 Å². The third-order valence-electron chi connectivity index (χ3n) is 5.65. The van der Waals surface area contributed by atoms with Gasteiger partial charge in [-0.3, -0.25) is 0 Å². The number of hydrogen-bond donors (Lipinski definition) is 1. The van der Waals surface area contributed by atoms with Crippen molar-refractivity contribution in [2.24, 2.45) is 0 Å². The van der Waals surface area contributed by atoms with E-state index in [-0.39, 0.29) is 23.2 Å². The second kappa shape index (κ2) is 13.9. The molecule has 1 N–H and O–H groups in total. The number of benzene rings is 1. The van der Waals surface area contributed by atoms with Gasteiger partial charge in [-0.2, -0.15) is 0 Å². The fraction of sp³-hybridized carbons (Fsp3) is 0.385. The Bertz CT molecular complexity index is 1260. The van der Waals surface area contributed by atoms with E-state index in [1.807, 2.05) is 6.92 Å². The maximum atomic E-state index is 12.3. The molecule has 0 atom stereocenters. The number of anilines is 1. The zero-order valence-electron chi connectivity index (χ0n) is 21.7. The van der Waals surface area contributed by atoms with Crippen molar-refractivity contribution >= 4 is 29.5 Å². The van der Waals surface area contributed by atoms with Crippen molar-refractivity contribution in [2.45, 2.75) is 51.4 Å². The molecule has 1 aliphatic rings. The van der Waals surface area contributed by atoms with Crippen LogP contribution in [0.3, 0.4) is 0 Å². The highest BCUT2D eigenvalue weighted by Gasteiger charge is 2.39. The maximum Gasteiger partial charge on any atom is 0.573 e. The molecule has 2 heterocycles. The second-order valence-corrected chi connectivity index (χ2v) is 8.86. The summed E-state index contributed by atoms with van der Waals surface area (Å²) in [5, 5.41) is 3.35. The average Bonchev–Trinajstić information content (AvgIpc) is 2.90. The lowest BCUT2D eigenvalue weighted by atomic mass is 9.72. The fourth-order valence-electron chi connectivity index (χ4n) is 3.61. The number of rotatable bonds is 9. The van der Waals surface area contributed by atoms with E-state index in [9.17, 15) is 22.8 Å². The Labute approximate surface area is 233 Å². The summed E-state index contributed by atoms with van der Waals surface area (Å²) in [5.74, 6) is -0.852. The standard InChI is InChI=1S/C18H18F3N3O3.C8H9ClN2O2/c1-2-26-15(25)12-10-22-16(23-11-12)24-17(8-3-9-17)13-4-6-14(7-5-13)27-18(19,20)21;1-2-3-13-7(12)6-4-10-8(9)11-5-6/h4-7,10-11H,2-3,8-9H2,1H3,(H,22,23,24);4-5H,2-3H2,1H3. The molecular formula is C26H27ClF3N5O5. The summed E-state index contributed by atoms with van der Waals surface area (Å²) in [6.07, 6.45) is 4.04. The number of alkyl halides is 3. The van der Waals surface area contributed by atoms with Gasteiger partial charge in [0.1, 0.15) is 5.75 Å². The third-order valence-corrected chi connectivity index (χ3v) is 5.85. The first-order chi connectivity index (χ1) is 19.0. The lowest BCUT2D eigenvalue weighted by Crippen LogP contribution is -2.42. The smallest absolute Gasteiger partial charge is 0.462 e. The molecule has 0 amide bonds. The quantitative estimate of drug-likeness (QED) is 0.247. The van der Waals surface area contributed by atoms with Crippen LogP contribution >= 0.6 is 11.6 Å². The molecule has 1 aromatic carbocycles. The van der Waals surface area contributed by atoms with Crippen LogP contribution < -0.4 is 10.1 Å². The van der Waals surface area contributed by atoms with Gasteiger partial charge in [-0.25, -0.2) is 29.5 Å². The summed E-state index contributed by atoms with van der Waals surface area (Å²) in [6, 6.07) is 5.77. The van der Waals surface area contributed by atoms with Crippen LogP contribution in [-0.4, -0.2) is 51.5 Å². The number of ether oxygens (including phenoxy) is 3. The molecule has 14 heteroatoms. The molecule has 1 fully saturated rings. The molecule has 0 spiro atoms. The zero-order valence-corrected chi connectivity index (χ0v) is 22.5. The molecule has 1 saturated carbocycles. The van der Waals surface area contributed by atoms with Crippen LogP contribution in [0.5, 0.6) is 5.75 Å². The molecule has 2 aromatic heterocycles. The van der Waals surface area contributed by atoms with Crippen LogP contribution in [0.15, 0.2) is 49.1 Å². The minimum atomic E-state index is -4.72. The average molecular weight is 582 g/mol. The van der Waals surface area contributed by atoms with Gasteiger partial charge in [0.05, 0.1) is 29.9 Å². The number of nitrogens with one attached hydrogen (secondary N) is 1. The molecule has 40 heavy (non-hydrogen) atoms. The first-order valence-electron chi connectivity index (χ1n) is 12.3. The summed E-state index contributed by atoms with van der Waals surface area (Å²) >= 11 is 5.45. The van der Waals surface area contributed by atoms with E-state index in [0.717, 1.165) is 31.2 Å². The van der Waals surface area contributed by atoms with Gasteiger partial charge < -0.3 is 19.5 Å². The van der Waals surface area contributed by atoms with Crippen molar-refractivity contribution < 1.29 is 37.0 Å². The molecule has 0 radical (unpaired) electrons. The van der Waals surface area contributed by atoms with Crippen LogP contribution in [-0.2, 0) is 15.0 Å². The summed E-state index contributed by atoms with van der Waals surface area (Å²) in [7, 11) is 0. The number of hydrogen-bond acceptors (Lipinski definition) is 10. The minimum absolute atomic E-state index is 0.118. The monoisotopic (exact) mass is 581 g/mol. The molecule has 0 saturated heterocycles. The van der Waals surface area contributed by atoms with Crippen LogP contribution in [0.1, 0.15) is 65.8 Å². The number of esters is 2. The summed E-state index contributed by atoms with van der Waals surface area (Å²) in [4.78, 5) is 38.4. The van der Waals surface area contributed by atoms with E-state index >= 15 is 0 Å². The lowest BCUT2D eigenvalue weighted by Gasteiger charge is -2.43. The van der Waals surface area contributed by atoms with Crippen LogP contribution in [0, 0.1) is 0 Å². The lowest BCUT2D eigenvalue weighted by molar-refractivity contribution is -0.274. The highest BCUT2D eigenvalue weighted by Crippen LogP contribution is 2.44. The number of nitrogens with zero attached hydrogens (tertiary/aromatic N) is 4. The maximum absolute atomic E-state index is 12.3. The summed E-state index contributed by atoms with van der Waals surface area (Å²) in [5.41, 5.74) is 0.931. The molecule has 0 unspecified atom stereocenters. The Morgan fingerprint density at radius 2 is 1.48 bits per heavy atom. The fourth-order valence-corrected chi connectivity index (χ4v) is 3.71. The molecule has 10 nitrogen and oxygen atoms in total. The second-order valence-electron chi connectivity index (χ2n) is 8.53. The Morgan fingerprint density at radius 3 is 1.95 bits per heavy atom. The van der Waals surface area contributed by atoms with Crippen molar-refractivity contribution in [1.82, 2.24) is 19.9 Å². The molecular weight excluding hydrogens is 555 g/mol. The number of carbonyl (C=O) groups is 2. The molecule has 3 aromatic rings. The van der Waals surface area contributed by atoms with E-state index in [4.69, 9.17) is 21.1 Å². The molecule has 1 aliphatic carbocycles. The first-order valence-corrected chi connectivity index (χ1v) is 12.7. The predicted molar refractivity (Wildman–Crippen MR) is 138 cm³/mol. The number of carbonyl (C=O) groups excluding carboxylic acids is 2. The molecule has 0 bridgehead atoms. The molecule has 0 aliphatic heterocycles. The van der Waals surface area contributed by atoms with Crippen molar-refractivity contribution in [3.8, 4) is 5.75 Å². The van der Waals surface area contributed by atoms with E-state index in [0.29, 0.717) is 18.1 Å². The van der Waals surface area contributed by atoms with Gasteiger partial charge in [0.25, 0.3) is 0 Å². The van der Waals surface area contributed by atoms with E-state index < -0.39 is 23.8 Å². The molecule has 4 rings (SSSR count). The Hall–Kier alpha value is -4.00. The SMILES string of the molecule is CCCOC(=O)c1cnc(Cl)nc1.CCOC(=O)c1cnc(NC2(c3ccc(OC(F)(F)F)cc3)CCC2)nc1. The zero-order chi connectivity index (χ0) is 29.2. The van der Waals surface area contributed by atoms with Crippen molar-refractivity contribution in [1.29, 1.82) is 0 Å². The first kappa shape index (κ1) is 30.5. The van der Waals surface area contributed by atoms with Crippen molar-refractivity contribution in [2.75, 3.05) is 18.5 Å². The number of halogens is 4. The van der Waals surface area contributed by atoms with E-state index in [1.54, 1.807) is 19.1 Å². The Balaban J connectivity index is 0.000000285. The minimum Gasteiger partial charge on any atom is -0.462 e. The van der Waals surface area contributed by atoms with Gasteiger partial charge >= 0.3 is 18.3 Å². The molecule has 214 valence electrons. The van der Waals surface area contributed by atoms with Gasteiger partial charge in [0, 0.05) is 24.8 Å². The topological polar surface area (TPSA) is 125 Å². The van der Waals surface area contributed by atoms with Crippen LogP contribution in [0.4, 0.5) is 19.1 Å². The third kappa shape index (κ3) is 8.76. The van der Waals surface area contributed by atoms with Gasteiger partial charge in [-0.05, 0) is 61.9 Å². The van der Waals surface area contributed by atoms with Gasteiger partial charge in [-0.1, -0.05) is 19.1 Å². The summed E-state index contributed by atoms with van der Waals surface area (Å²) < 4.78 is 50.5. The van der Waals surface area contributed by atoms with Gasteiger partial charge in [0.15, 0.2) is 0 Å². The normalized spacial score (nSPS) is 13.7. The predicted octanol–water partition coefficient (Wildman–Crippen LogP) is 5.74. The van der Waals surface area contributed by atoms with Crippen molar-refractivity contribution in [3.63, 3.8) is 0 Å². The van der Waals surface area contributed by atoms with Crippen LogP contribution in [0.2, 0.25) is 5.28 Å². The Morgan fingerprint density at radius 1 is 0.925 bits per heavy atom. The van der Waals surface area contributed by atoms with E-state index in [1.165, 1.54) is 36.9 Å². The largest absolute Gasteiger partial charge is 0.573 e. The summed E-state index contributed by atoms with van der Waals surface area (Å²) in [6.45, 7) is 4.29. The highest BCUT2D eigenvalue weighted by molar-refractivity contribution is 6.28. The van der Waals surface area contributed by atoms with Crippen LogP contribution in [0.25, 0.3) is 0 Å². The van der Waals surface area contributed by atoms with Crippen molar-refractivity contribution in [3.05, 3.63) is 71.0 Å².